The number of nitrogens with one attached hydrogen (secondary N) is 1. The molecule has 0 saturated carbocycles. The minimum absolute atomic E-state index is 0.00790. The van der Waals surface area contributed by atoms with Gasteiger partial charge in [0.05, 0.1) is 0 Å². The fraction of sp³-hybridized carbons (Fsp3) is 0.400. The third kappa shape index (κ3) is 4.59. The number of nitrogens with zero attached hydrogens (tertiary/aromatic N) is 2. The number of amides is 1. The summed E-state index contributed by atoms with van der Waals surface area (Å²) in [4.78, 5) is 11.7. The van der Waals surface area contributed by atoms with Crippen molar-refractivity contribution in [3.05, 3.63) is 30.7 Å². The van der Waals surface area contributed by atoms with Gasteiger partial charge in [-0.05, 0) is 37.6 Å². The molecule has 0 aliphatic heterocycles. The number of carbonyl (C=O) groups is 1. The monoisotopic (exact) mass is 289 g/mol. The van der Waals surface area contributed by atoms with Crippen LogP contribution in [0, 0.1) is 0 Å². The largest absolute Gasteiger partial charge is 0.484 e. The number of ether oxygens (including phenoxy) is 1. The highest BCUT2D eigenvalue weighted by atomic mass is 16.5. The summed E-state index contributed by atoms with van der Waals surface area (Å²) in [5.74, 6) is 0.959. The van der Waals surface area contributed by atoms with Crippen LogP contribution in [0.5, 0.6) is 5.75 Å². The number of rotatable bonds is 7. The normalized spacial score (nSPS) is 11.9. The zero-order chi connectivity index (χ0) is 15.1. The van der Waals surface area contributed by atoms with Crippen molar-refractivity contribution in [2.45, 2.75) is 32.7 Å². The molecule has 1 aromatic carbocycles. The Morgan fingerprint density at radius 2 is 2.14 bits per heavy atom. The minimum Gasteiger partial charge on any atom is -0.484 e. The average molecular weight is 289 g/mol. The molecule has 0 saturated heterocycles. The molecule has 21 heavy (non-hydrogen) atoms. The van der Waals surface area contributed by atoms with E-state index in [4.69, 9.17) is 9.15 Å². The molecular weight excluding hydrogens is 270 g/mol. The second-order valence-electron chi connectivity index (χ2n) is 4.81. The quantitative estimate of drug-likeness (QED) is 0.847. The van der Waals surface area contributed by atoms with Gasteiger partial charge in [0.2, 0.25) is 12.3 Å². The number of aromatic nitrogens is 2. The summed E-state index contributed by atoms with van der Waals surface area (Å²) in [5.41, 5.74) is 0.806. The van der Waals surface area contributed by atoms with Crippen LogP contribution in [0.2, 0.25) is 0 Å². The molecule has 0 aliphatic rings. The van der Waals surface area contributed by atoms with E-state index in [0.29, 0.717) is 11.6 Å². The van der Waals surface area contributed by atoms with E-state index in [0.717, 1.165) is 18.4 Å². The van der Waals surface area contributed by atoms with Crippen LogP contribution in [0.1, 0.15) is 26.7 Å². The molecule has 1 heterocycles. The van der Waals surface area contributed by atoms with Crippen molar-refractivity contribution >= 4 is 5.91 Å². The Morgan fingerprint density at radius 3 is 2.76 bits per heavy atom. The lowest BCUT2D eigenvalue weighted by Gasteiger charge is -2.13. The molecule has 0 aliphatic carbocycles. The standard InChI is InChI=1S/C15H19N3O3/c1-3-4-11(2)17-14(19)9-20-13-7-5-12(6-8-13)15-18-16-10-21-15/h5-8,10-11H,3-4,9H2,1-2H3,(H,17,19)/t11-/m0/s1. The van der Waals surface area contributed by atoms with E-state index in [9.17, 15) is 4.79 Å². The zero-order valence-electron chi connectivity index (χ0n) is 12.2. The zero-order valence-corrected chi connectivity index (χ0v) is 12.2. The summed E-state index contributed by atoms with van der Waals surface area (Å²) in [7, 11) is 0. The van der Waals surface area contributed by atoms with Gasteiger partial charge in [0.1, 0.15) is 5.75 Å². The predicted octanol–water partition coefficient (Wildman–Crippen LogP) is 2.42. The van der Waals surface area contributed by atoms with Crippen LogP contribution in [-0.2, 0) is 4.79 Å². The Morgan fingerprint density at radius 1 is 1.38 bits per heavy atom. The molecule has 1 N–H and O–H groups in total. The SMILES string of the molecule is CCC[C@H](C)NC(=O)COc1ccc(-c2nnco2)cc1. The number of hydrogen-bond acceptors (Lipinski definition) is 5. The van der Waals surface area contributed by atoms with Crippen LogP contribution >= 0.6 is 0 Å². The van der Waals surface area contributed by atoms with Gasteiger partial charge in [0, 0.05) is 11.6 Å². The van der Waals surface area contributed by atoms with Gasteiger partial charge in [-0.3, -0.25) is 4.79 Å². The van der Waals surface area contributed by atoms with Gasteiger partial charge in [0.15, 0.2) is 6.61 Å². The third-order valence-electron chi connectivity index (χ3n) is 2.96. The van der Waals surface area contributed by atoms with Crippen molar-refractivity contribution in [1.82, 2.24) is 15.5 Å². The highest BCUT2D eigenvalue weighted by Crippen LogP contribution is 2.20. The summed E-state index contributed by atoms with van der Waals surface area (Å²) in [6, 6.07) is 7.32. The van der Waals surface area contributed by atoms with Gasteiger partial charge in [-0.2, -0.15) is 0 Å². The number of carbonyl (C=O) groups excluding carboxylic acids is 1. The number of hydrogen-bond donors (Lipinski definition) is 1. The van der Waals surface area contributed by atoms with Crippen molar-refractivity contribution in [3.8, 4) is 17.2 Å². The average Bonchev–Trinajstić information content (AvgIpc) is 3.00. The molecule has 2 rings (SSSR count). The molecular formula is C15H19N3O3. The van der Waals surface area contributed by atoms with Crippen LogP contribution in [0.25, 0.3) is 11.5 Å². The van der Waals surface area contributed by atoms with Crippen molar-refractivity contribution in [2.24, 2.45) is 0 Å². The summed E-state index contributed by atoms with van der Waals surface area (Å²) in [5, 5.41) is 10.3. The molecule has 0 spiro atoms. The van der Waals surface area contributed by atoms with Crippen LogP contribution < -0.4 is 10.1 Å². The molecule has 112 valence electrons. The number of benzene rings is 1. The predicted molar refractivity (Wildman–Crippen MR) is 77.7 cm³/mol. The van der Waals surface area contributed by atoms with E-state index in [2.05, 4.69) is 22.4 Å². The molecule has 0 unspecified atom stereocenters. The van der Waals surface area contributed by atoms with E-state index in [1.165, 1.54) is 6.39 Å². The Labute approximate surface area is 123 Å². The molecule has 1 amide bonds. The Bertz CT molecular complexity index is 552. The molecule has 0 bridgehead atoms. The maximum absolute atomic E-state index is 11.7. The van der Waals surface area contributed by atoms with Crippen molar-refractivity contribution in [1.29, 1.82) is 0 Å². The van der Waals surface area contributed by atoms with Gasteiger partial charge < -0.3 is 14.5 Å². The lowest BCUT2D eigenvalue weighted by Crippen LogP contribution is -2.35. The van der Waals surface area contributed by atoms with E-state index < -0.39 is 0 Å². The molecule has 0 fully saturated rings. The topological polar surface area (TPSA) is 77.2 Å². The molecule has 6 heteroatoms. The van der Waals surface area contributed by atoms with E-state index in [1.807, 2.05) is 6.92 Å². The fourth-order valence-electron chi connectivity index (χ4n) is 1.96. The second kappa shape index (κ2) is 7.42. The van der Waals surface area contributed by atoms with Gasteiger partial charge in [0.25, 0.3) is 5.91 Å². The summed E-state index contributed by atoms with van der Waals surface area (Å²) >= 11 is 0. The van der Waals surface area contributed by atoms with Crippen LogP contribution in [-0.4, -0.2) is 28.8 Å². The first-order valence-electron chi connectivity index (χ1n) is 6.97. The Hall–Kier alpha value is -2.37. The highest BCUT2D eigenvalue weighted by molar-refractivity contribution is 5.77. The summed E-state index contributed by atoms with van der Waals surface area (Å²) in [6.07, 6.45) is 3.28. The first kappa shape index (κ1) is 15.0. The maximum atomic E-state index is 11.7. The highest BCUT2D eigenvalue weighted by Gasteiger charge is 2.08. The second-order valence-corrected chi connectivity index (χ2v) is 4.81. The Kier molecular flexibility index (Phi) is 5.31. The van der Waals surface area contributed by atoms with Crippen molar-refractivity contribution in [3.63, 3.8) is 0 Å². The van der Waals surface area contributed by atoms with Gasteiger partial charge in [-0.15, -0.1) is 10.2 Å². The first-order valence-corrected chi connectivity index (χ1v) is 6.97. The van der Waals surface area contributed by atoms with Crippen molar-refractivity contribution in [2.75, 3.05) is 6.61 Å². The smallest absolute Gasteiger partial charge is 0.258 e. The molecule has 6 nitrogen and oxygen atoms in total. The lowest BCUT2D eigenvalue weighted by molar-refractivity contribution is -0.123. The maximum Gasteiger partial charge on any atom is 0.258 e. The van der Waals surface area contributed by atoms with Crippen molar-refractivity contribution < 1.29 is 13.9 Å². The minimum atomic E-state index is -0.114. The van der Waals surface area contributed by atoms with Gasteiger partial charge in [-0.25, -0.2) is 0 Å². The lowest BCUT2D eigenvalue weighted by atomic mass is 10.2. The van der Waals surface area contributed by atoms with Crippen LogP contribution in [0.4, 0.5) is 0 Å². The Balaban J connectivity index is 1.82. The van der Waals surface area contributed by atoms with Gasteiger partial charge >= 0.3 is 0 Å². The van der Waals surface area contributed by atoms with E-state index in [1.54, 1.807) is 24.3 Å². The van der Waals surface area contributed by atoms with E-state index >= 15 is 0 Å². The third-order valence-corrected chi connectivity index (χ3v) is 2.96. The first-order chi connectivity index (χ1) is 10.2. The van der Waals surface area contributed by atoms with E-state index in [-0.39, 0.29) is 18.6 Å². The molecule has 2 aromatic rings. The van der Waals surface area contributed by atoms with Crippen LogP contribution in [0.15, 0.2) is 35.1 Å². The van der Waals surface area contributed by atoms with Crippen LogP contribution in [0.3, 0.4) is 0 Å². The molecule has 0 radical (unpaired) electrons. The molecule has 1 atom stereocenters. The molecule has 1 aromatic heterocycles. The summed E-state index contributed by atoms with van der Waals surface area (Å²) < 4.78 is 10.5. The fourth-order valence-corrected chi connectivity index (χ4v) is 1.96. The summed E-state index contributed by atoms with van der Waals surface area (Å²) in [6.45, 7) is 4.08. The van der Waals surface area contributed by atoms with Gasteiger partial charge in [-0.1, -0.05) is 13.3 Å².